The van der Waals surface area contributed by atoms with E-state index in [9.17, 15) is 40.3 Å². The molecule has 1 N–H and O–H groups in total. The number of carboxylic acid groups (broad SMARTS) is 1. The van der Waals surface area contributed by atoms with Gasteiger partial charge in [0.1, 0.15) is 11.1 Å². The van der Waals surface area contributed by atoms with Crippen molar-refractivity contribution in [2.24, 2.45) is 0 Å². The van der Waals surface area contributed by atoms with Gasteiger partial charge < -0.3 is 9.84 Å². The highest BCUT2D eigenvalue weighted by molar-refractivity contribution is 5.92. The van der Waals surface area contributed by atoms with Crippen LogP contribution in [0.15, 0.2) is 12.1 Å². The summed E-state index contributed by atoms with van der Waals surface area (Å²) < 4.78 is 97.0. The molecular formula is C14H3F7O4. The Labute approximate surface area is 133 Å². The molecule has 0 aliphatic carbocycles. The lowest BCUT2D eigenvalue weighted by Crippen LogP contribution is -2.16. The summed E-state index contributed by atoms with van der Waals surface area (Å²) in [6.07, 6.45) is 0. The van der Waals surface area contributed by atoms with E-state index in [1.807, 2.05) is 0 Å². The summed E-state index contributed by atoms with van der Waals surface area (Å²) in [5, 5.41) is 8.54. The molecule has 0 amide bonds. The van der Waals surface area contributed by atoms with Gasteiger partial charge in [-0.1, -0.05) is 0 Å². The van der Waals surface area contributed by atoms with Crippen LogP contribution in [0.25, 0.3) is 0 Å². The zero-order chi connectivity index (χ0) is 19.0. The lowest BCUT2D eigenvalue weighted by molar-refractivity contribution is 0.0689. The van der Waals surface area contributed by atoms with Crippen molar-refractivity contribution >= 4 is 11.9 Å². The number of halogens is 7. The third kappa shape index (κ3) is 3.12. The zero-order valence-electron chi connectivity index (χ0n) is 11.5. The molecule has 0 heterocycles. The van der Waals surface area contributed by atoms with E-state index in [-0.39, 0.29) is 12.1 Å². The van der Waals surface area contributed by atoms with Gasteiger partial charge in [-0.3, -0.25) is 0 Å². The van der Waals surface area contributed by atoms with E-state index in [4.69, 9.17) is 5.11 Å². The molecule has 0 fully saturated rings. The standard InChI is InChI=1S/C14H3F7O4/c15-5-2-4(8(18)10(20)9(5)19)14(24)25-12-6(16)1-3(13(22)23)7(17)11(12)21/h1-2H,(H,22,23). The summed E-state index contributed by atoms with van der Waals surface area (Å²) in [7, 11) is 0. The SMILES string of the molecule is O=C(Oc1c(F)cc(C(=O)O)c(F)c1F)c1cc(F)c(F)c(F)c1F. The number of carboxylic acids is 1. The number of carbonyl (C=O) groups is 2. The molecule has 2 aromatic rings. The molecule has 4 nitrogen and oxygen atoms in total. The van der Waals surface area contributed by atoms with Gasteiger partial charge in [-0.15, -0.1) is 0 Å². The predicted molar refractivity (Wildman–Crippen MR) is 64.5 cm³/mol. The van der Waals surface area contributed by atoms with E-state index in [0.717, 1.165) is 0 Å². The molecule has 2 aromatic carbocycles. The van der Waals surface area contributed by atoms with E-state index >= 15 is 0 Å². The smallest absolute Gasteiger partial charge is 0.346 e. The van der Waals surface area contributed by atoms with Gasteiger partial charge in [-0.2, -0.15) is 4.39 Å². The van der Waals surface area contributed by atoms with Crippen LogP contribution in [0.2, 0.25) is 0 Å². The van der Waals surface area contributed by atoms with Crippen molar-refractivity contribution in [2.75, 3.05) is 0 Å². The minimum atomic E-state index is -2.39. The number of benzene rings is 2. The molecule has 0 aliphatic heterocycles. The molecule has 0 radical (unpaired) electrons. The Morgan fingerprint density at radius 3 is 1.80 bits per heavy atom. The lowest BCUT2D eigenvalue weighted by Gasteiger charge is -2.10. The first-order valence-corrected chi connectivity index (χ1v) is 6.02. The van der Waals surface area contributed by atoms with Gasteiger partial charge in [0, 0.05) is 0 Å². The Hall–Kier alpha value is -3.11. The van der Waals surface area contributed by atoms with Crippen LogP contribution in [-0.2, 0) is 0 Å². The van der Waals surface area contributed by atoms with Crippen LogP contribution in [0, 0.1) is 40.7 Å². The normalized spacial score (nSPS) is 10.7. The molecule has 0 saturated carbocycles. The number of rotatable bonds is 3. The van der Waals surface area contributed by atoms with E-state index < -0.39 is 69.5 Å². The Morgan fingerprint density at radius 1 is 0.720 bits per heavy atom. The molecule has 2 rings (SSSR count). The van der Waals surface area contributed by atoms with Gasteiger partial charge in [-0.05, 0) is 12.1 Å². The average Bonchev–Trinajstić information content (AvgIpc) is 2.55. The van der Waals surface area contributed by atoms with Crippen molar-refractivity contribution in [2.45, 2.75) is 0 Å². The predicted octanol–water partition coefficient (Wildman–Crippen LogP) is 3.58. The summed E-state index contributed by atoms with van der Waals surface area (Å²) in [6.45, 7) is 0. The summed E-state index contributed by atoms with van der Waals surface area (Å²) in [4.78, 5) is 22.2. The van der Waals surface area contributed by atoms with Crippen LogP contribution in [0.4, 0.5) is 30.7 Å². The number of hydrogen-bond acceptors (Lipinski definition) is 3. The molecule has 132 valence electrons. The molecule has 0 aliphatic rings. The number of aromatic carboxylic acids is 1. The van der Waals surface area contributed by atoms with Crippen LogP contribution in [0.3, 0.4) is 0 Å². The quantitative estimate of drug-likeness (QED) is 0.296. The zero-order valence-corrected chi connectivity index (χ0v) is 11.5. The maximum Gasteiger partial charge on any atom is 0.346 e. The number of hydrogen-bond donors (Lipinski definition) is 1. The topological polar surface area (TPSA) is 63.6 Å². The molecular weight excluding hydrogens is 365 g/mol. The minimum absolute atomic E-state index is 0.0362. The Bertz CT molecular complexity index is 911. The maximum atomic E-state index is 13.6. The fourth-order valence-corrected chi connectivity index (χ4v) is 1.70. The molecule has 25 heavy (non-hydrogen) atoms. The highest BCUT2D eigenvalue weighted by Crippen LogP contribution is 2.28. The van der Waals surface area contributed by atoms with Crippen molar-refractivity contribution in [3.63, 3.8) is 0 Å². The Kier molecular flexibility index (Phi) is 4.68. The van der Waals surface area contributed by atoms with Crippen LogP contribution in [0.1, 0.15) is 20.7 Å². The van der Waals surface area contributed by atoms with Gasteiger partial charge in [0.2, 0.25) is 11.6 Å². The van der Waals surface area contributed by atoms with E-state index in [0.29, 0.717) is 0 Å². The van der Waals surface area contributed by atoms with Gasteiger partial charge >= 0.3 is 11.9 Å². The van der Waals surface area contributed by atoms with Crippen molar-refractivity contribution in [3.8, 4) is 5.75 Å². The average molecular weight is 368 g/mol. The highest BCUT2D eigenvalue weighted by Gasteiger charge is 2.29. The lowest BCUT2D eigenvalue weighted by atomic mass is 10.1. The third-order valence-corrected chi connectivity index (χ3v) is 2.86. The third-order valence-electron chi connectivity index (χ3n) is 2.86. The van der Waals surface area contributed by atoms with Crippen molar-refractivity contribution < 1.29 is 50.2 Å². The number of ether oxygens (including phenoxy) is 1. The van der Waals surface area contributed by atoms with Gasteiger partial charge in [-0.25, -0.2) is 35.9 Å². The first kappa shape index (κ1) is 18.2. The van der Waals surface area contributed by atoms with Crippen LogP contribution in [0.5, 0.6) is 5.75 Å². The van der Waals surface area contributed by atoms with E-state index in [2.05, 4.69) is 4.74 Å². The second kappa shape index (κ2) is 6.42. The fraction of sp³-hybridized carbons (Fsp3) is 0. The van der Waals surface area contributed by atoms with E-state index in [1.54, 1.807) is 0 Å². The van der Waals surface area contributed by atoms with Gasteiger partial charge in [0.15, 0.2) is 34.9 Å². The molecule has 0 atom stereocenters. The number of esters is 1. The molecule has 0 saturated heterocycles. The fourth-order valence-electron chi connectivity index (χ4n) is 1.70. The molecule has 0 unspecified atom stereocenters. The first-order chi connectivity index (χ1) is 11.6. The van der Waals surface area contributed by atoms with Crippen LogP contribution in [-0.4, -0.2) is 17.0 Å². The summed E-state index contributed by atoms with van der Waals surface area (Å²) in [5.74, 6) is -21.0. The van der Waals surface area contributed by atoms with Gasteiger partial charge in [0.25, 0.3) is 0 Å². The Morgan fingerprint density at radius 2 is 1.24 bits per heavy atom. The number of carbonyl (C=O) groups excluding carboxylic acids is 1. The highest BCUT2D eigenvalue weighted by atomic mass is 19.2. The molecule has 0 bridgehead atoms. The Balaban J connectivity index is 2.50. The molecule has 0 spiro atoms. The molecule has 11 heteroatoms. The second-order valence-electron chi connectivity index (χ2n) is 4.41. The van der Waals surface area contributed by atoms with Crippen molar-refractivity contribution in [1.29, 1.82) is 0 Å². The second-order valence-corrected chi connectivity index (χ2v) is 4.41. The minimum Gasteiger partial charge on any atom is -0.478 e. The van der Waals surface area contributed by atoms with Crippen LogP contribution < -0.4 is 4.74 Å². The summed E-state index contributed by atoms with van der Waals surface area (Å²) in [5.41, 5.74) is -3.00. The van der Waals surface area contributed by atoms with Gasteiger partial charge in [0.05, 0.1) is 0 Å². The van der Waals surface area contributed by atoms with Crippen LogP contribution >= 0.6 is 0 Å². The maximum absolute atomic E-state index is 13.6. The molecule has 0 aromatic heterocycles. The van der Waals surface area contributed by atoms with E-state index in [1.165, 1.54) is 0 Å². The van der Waals surface area contributed by atoms with Crippen molar-refractivity contribution in [1.82, 2.24) is 0 Å². The summed E-state index contributed by atoms with van der Waals surface area (Å²) in [6, 6.07) is -0.181. The largest absolute Gasteiger partial charge is 0.478 e. The summed E-state index contributed by atoms with van der Waals surface area (Å²) >= 11 is 0. The van der Waals surface area contributed by atoms with Crippen molar-refractivity contribution in [3.05, 3.63) is 64.0 Å². The monoisotopic (exact) mass is 368 g/mol. The first-order valence-electron chi connectivity index (χ1n) is 6.02.